The van der Waals surface area contributed by atoms with Crippen LogP contribution in [0.5, 0.6) is 0 Å². The van der Waals surface area contributed by atoms with E-state index in [0.717, 1.165) is 0 Å². The second kappa shape index (κ2) is 9.56. The van der Waals surface area contributed by atoms with Gasteiger partial charge in [0.25, 0.3) is 0 Å². The predicted molar refractivity (Wildman–Crippen MR) is 87.8 cm³/mol. The summed E-state index contributed by atoms with van der Waals surface area (Å²) in [5.74, 6) is -4.15. The minimum atomic E-state index is -1.16. The van der Waals surface area contributed by atoms with E-state index in [1.165, 1.54) is 13.8 Å². The molecule has 136 valence electrons. The van der Waals surface area contributed by atoms with Crippen molar-refractivity contribution in [3.8, 4) is 0 Å². The fourth-order valence-corrected chi connectivity index (χ4v) is 2.45. The third-order valence-electron chi connectivity index (χ3n) is 3.89. The molecule has 0 aliphatic carbocycles. The molecule has 7 nitrogen and oxygen atoms in total. The molecule has 0 fully saturated rings. The van der Waals surface area contributed by atoms with Crippen LogP contribution in [0.3, 0.4) is 0 Å². The number of ether oxygens (including phenoxy) is 2. The summed E-state index contributed by atoms with van der Waals surface area (Å²) in [5.41, 5.74) is 0.306. The van der Waals surface area contributed by atoms with E-state index in [1.54, 1.807) is 37.3 Å². The summed E-state index contributed by atoms with van der Waals surface area (Å²) >= 11 is 0. The first kappa shape index (κ1) is 20.3. The number of hydrogen-bond donors (Lipinski definition) is 1. The molecule has 25 heavy (non-hydrogen) atoms. The highest BCUT2D eigenvalue weighted by Gasteiger charge is 2.37. The number of esters is 2. The van der Waals surface area contributed by atoms with E-state index in [1.807, 2.05) is 0 Å². The Hall–Kier alpha value is -2.70. The Labute approximate surface area is 145 Å². The number of aliphatic carboxylic acids is 1. The van der Waals surface area contributed by atoms with Crippen LogP contribution in [0.15, 0.2) is 30.3 Å². The van der Waals surface area contributed by atoms with Gasteiger partial charge in [0.15, 0.2) is 0 Å². The van der Waals surface area contributed by atoms with Crippen LogP contribution in [0.25, 0.3) is 0 Å². The topological polar surface area (TPSA) is 107 Å². The van der Waals surface area contributed by atoms with Crippen LogP contribution >= 0.6 is 0 Å². The molecule has 0 saturated heterocycles. The maximum absolute atomic E-state index is 12.2. The standard InChI is InChI=1S/C18H22O7/c1-11(16(24-13(3)20)12(2)17(21)22)15(9-10-19)25-18(23)14-7-5-4-6-8-14/h4-8,10-12,15-16H,9H2,1-3H3,(H,21,22)/t11-,12-,15-,16-/m0/s1. The van der Waals surface area contributed by atoms with Gasteiger partial charge in [-0.1, -0.05) is 25.1 Å². The molecule has 0 spiro atoms. The normalized spacial score (nSPS) is 15.3. The number of carbonyl (C=O) groups excluding carboxylic acids is 3. The van der Waals surface area contributed by atoms with Crippen LogP contribution < -0.4 is 0 Å². The van der Waals surface area contributed by atoms with E-state index in [9.17, 15) is 24.3 Å². The molecular weight excluding hydrogens is 328 g/mol. The van der Waals surface area contributed by atoms with Crippen molar-refractivity contribution in [2.45, 2.75) is 39.4 Å². The average Bonchev–Trinajstić information content (AvgIpc) is 2.58. The molecule has 0 saturated carbocycles. The van der Waals surface area contributed by atoms with E-state index in [4.69, 9.17) is 9.47 Å². The minimum absolute atomic E-state index is 0.135. The SMILES string of the molecule is CC(=O)O[C@@H]([C@@H](C)[C@H](CC=O)OC(=O)c1ccccc1)[C@H](C)C(=O)O. The number of hydrogen-bond acceptors (Lipinski definition) is 6. The molecule has 0 aliphatic heterocycles. The van der Waals surface area contributed by atoms with Gasteiger partial charge in [0.05, 0.1) is 11.5 Å². The lowest BCUT2D eigenvalue weighted by Gasteiger charge is -2.31. The van der Waals surface area contributed by atoms with E-state index in [-0.39, 0.29) is 6.42 Å². The van der Waals surface area contributed by atoms with Gasteiger partial charge in [-0.05, 0) is 19.1 Å². The molecule has 1 N–H and O–H groups in total. The summed E-state index contributed by atoms with van der Waals surface area (Å²) in [4.78, 5) is 45.8. The highest BCUT2D eigenvalue weighted by Crippen LogP contribution is 2.25. The van der Waals surface area contributed by atoms with Crippen molar-refractivity contribution in [3.05, 3.63) is 35.9 Å². The first-order valence-electron chi connectivity index (χ1n) is 7.87. The Morgan fingerprint density at radius 2 is 1.72 bits per heavy atom. The van der Waals surface area contributed by atoms with Gasteiger partial charge in [-0.15, -0.1) is 0 Å². The molecule has 0 aliphatic rings. The Bertz CT molecular complexity index is 611. The Morgan fingerprint density at radius 1 is 1.12 bits per heavy atom. The van der Waals surface area contributed by atoms with Crippen LogP contribution in [-0.2, 0) is 23.9 Å². The molecule has 4 atom stereocenters. The zero-order valence-electron chi connectivity index (χ0n) is 14.4. The quantitative estimate of drug-likeness (QED) is 0.537. The fourth-order valence-electron chi connectivity index (χ4n) is 2.45. The van der Waals surface area contributed by atoms with Gasteiger partial charge in [0.2, 0.25) is 0 Å². The van der Waals surface area contributed by atoms with Gasteiger partial charge < -0.3 is 19.4 Å². The lowest BCUT2D eigenvalue weighted by atomic mass is 9.87. The fraction of sp³-hybridized carbons (Fsp3) is 0.444. The van der Waals surface area contributed by atoms with Crippen molar-refractivity contribution in [1.82, 2.24) is 0 Å². The molecular formula is C18H22O7. The summed E-state index contributed by atoms with van der Waals surface area (Å²) in [6.45, 7) is 4.14. The van der Waals surface area contributed by atoms with Crippen LogP contribution in [0, 0.1) is 11.8 Å². The van der Waals surface area contributed by atoms with Crippen molar-refractivity contribution < 1.29 is 33.8 Å². The lowest BCUT2D eigenvalue weighted by molar-refractivity contribution is -0.162. The van der Waals surface area contributed by atoms with Crippen LogP contribution in [0.4, 0.5) is 0 Å². The third-order valence-corrected chi connectivity index (χ3v) is 3.89. The predicted octanol–water partition coefficient (Wildman–Crippen LogP) is 2.09. The van der Waals surface area contributed by atoms with Crippen molar-refractivity contribution in [2.75, 3.05) is 0 Å². The molecule has 7 heteroatoms. The van der Waals surface area contributed by atoms with Crippen LogP contribution in [0.1, 0.15) is 37.6 Å². The number of carboxylic acid groups (broad SMARTS) is 1. The van der Waals surface area contributed by atoms with Gasteiger partial charge in [-0.3, -0.25) is 9.59 Å². The molecule has 0 bridgehead atoms. The van der Waals surface area contributed by atoms with Gasteiger partial charge in [-0.2, -0.15) is 0 Å². The van der Waals surface area contributed by atoms with E-state index < -0.39 is 42.0 Å². The zero-order chi connectivity index (χ0) is 19.0. The van der Waals surface area contributed by atoms with Crippen molar-refractivity contribution in [1.29, 1.82) is 0 Å². The maximum atomic E-state index is 12.2. The molecule has 0 heterocycles. The van der Waals surface area contributed by atoms with E-state index >= 15 is 0 Å². The molecule has 0 amide bonds. The first-order chi connectivity index (χ1) is 11.8. The Balaban J connectivity index is 3.00. The maximum Gasteiger partial charge on any atom is 0.338 e. The monoisotopic (exact) mass is 350 g/mol. The molecule has 0 unspecified atom stereocenters. The lowest BCUT2D eigenvalue weighted by Crippen LogP contribution is -2.42. The summed E-state index contributed by atoms with van der Waals surface area (Å²) in [7, 11) is 0. The third kappa shape index (κ3) is 6.02. The number of carbonyl (C=O) groups is 4. The Morgan fingerprint density at radius 3 is 2.20 bits per heavy atom. The highest BCUT2D eigenvalue weighted by molar-refractivity contribution is 5.89. The molecule has 0 radical (unpaired) electrons. The first-order valence-corrected chi connectivity index (χ1v) is 7.87. The summed E-state index contributed by atoms with van der Waals surface area (Å²) in [6.07, 6.45) is -1.51. The summed E-state index contributed by atoms with van der Waals surface area (Å²) in [6, 6.07) is 8.21. The number of carboxylic acids is 1. The van der Waals surface area contributed by atoms with Crippen molar-refractivity contribution >= 4 is 24.2 Å². The molecule has 0 aromatic heterocycles. The highest BCUT2D eigenvalue weighted by atomic mass is 16.6. The number of benzene rings is 1. The van der Waals surface area contributed by atoms with Crippen molar-refractivity contribution in [2.24, 2.45) is 11.8 Å². The van der Waals surface area contributed by atoms with Gasteiger partial charge in [0.1, 0.15) is 18.5 Å². The minimum Gasteiger partial charge on any atom is -0.481 e. The zero-order valence-corrected chi connectivity index (χ0v) is 14.4. The van der Waals surface area contributed by atoms with Gasteiger partial charge in [0, 0.05) is 19.3 Å². The smallest absolute Gasteiger partial charge is 0.338 e. The van der Waals surface area contributed by atoms with Crippen LogP contribution in [-0.4, -0.2) is 41.5 Å². The van der Waals surface area contributed by atoms with E-state index in [0.29, 0.717) is 11.8 Å². The van der Waals surface area contributed by atoms with E-state index in [2.05, 4.69) is 0 Å². The molecule has 1 rings (SSSR count). The average molecular weight is 350 g/mol. The van der Waals surface area contributed by atoms with Crippen LogP contribution in [0.2, 0.25) is 0 Å². The summed E-state index contributed by atoms with van der Waals surface area (Å²) in [5, 5.41) is 9.22. The van der Waals surface area contributed by atoms with Crippen molar-refractivity contribution in [3.63, 3.8) is 0 Å². The second-order valence-electron chi connectivity index (χ2n) is 5.77. The second-order valence-corrected chi connectivity index (χ2v) is 5.77. The summed E-state index contributed by atoms with van der Waals surface area (Å²) < 4.78 is 10.5. The van der Waals surface area contributed by atoms with Gasteiger partial charge >= 0.3 is 17.9 Å². The number of rotatable bonds is 9. The largest absolute Gasteiger partial charge is 0.481 e. The number of aldehydes is 1. The van der Waals surface area contributed by atoms with Gasteiger partial charge in [-0.25, -0.2) is 4.79 Å². The molecule has 1 aromatic rings. The Kier molecular flexibility index (Phi) is 7.78. The molecule has 1 aromatic carbocycles.